The topological polar surface area (TPSA) is 12.0 Å². The van der Waals surface area contributed by atoms with E-state index in [1.54, 1.807) is 6.07 Å². The van der Waals surface area contributed by atoms with Gasteiger partial charge in [0.25, 0.3) is 6.43 Å². The second-order valence-electron chi connectivity index (χ2n) is 4.20. The lowest BCUT2D eigenvalue weighted by atomic mass is 10.1. The van der Waals surface area contributed by atoms with Gasteiger partial charge in [-0.2, -0.15) is 0 Å². The Hall–Kier alpha value is -1.12. The molecule has 1 aromatic carbocycles. The molecule has 0 spiro atoms. The van der Waals surface area contributed by atoms with Crippen molar-refractivity contribution in [3.63, 3.8) is 0 Å². The average molecular weight is 227 g/mol. The largest absolute Gasteiger partial charge is 0.385 e. The summed E-state index contributed by atoms with van der Waals surface area (Å²) in [6.07, 6.45) is -0.0867. The first-order valence-electron chi connectivity index (χ1n) is 5.75. The SMILES string of the molecule is CCCC(C)CNc1cccc(C(F)F)c1. The number of hydrogen-bond acceptors (Lipinski definition) is 1. The molecule has 1 N–H and O–H groups in total. The second-order valence-corrected chi connectivity index (χ2v) is 4.20. The van der Waals surface area contributed by atoms with E-state index in [0.717, 1.165) is 25.1 Å². The Morgan fingerprint density at radius 1 is 1.31 bits per heavy atom. The number of hydrogen-bond donors (Lipinski definition) is 1. The minimum atomic E-state index is -2.39. The third kappa shape index (κ3) is 4.17. The van der Waals surface area contributed by atoms with Crippen LogP contribution >= 0.6 is 0 Å². The van der Waals surface area contributed by atoms with Gasteiger partial charge in [0.05, 0.1) is 0 Å². The first-order chi connectivity index (χ1) is 7.63. The van der Waals surface area contributed by atoms with Crippen molar-refractivity contribution in [2.24, 2.45) is 5.92 Å². The standard InChI is InChI=1S/C13H19F2N/c1-3-5-10(2)9-16-12-7-4-6-11(8-12)13(14)15/h4,6-8,10,13,16H,3,5,9H2,1-2H3. The van der Waals surface area contributed by atoms with Gasteiger partial charge < -0.3 is 5.32 Å². The van der Waals surface area contributed by atoms with Crippen LogP contribution in [0.25, 0.3) is 0 Å². The Morgan fingerprint density at radius 2 is 2.06 bits per heavy atom. The number of nitrogens with one attached hydrogen (secondary N) is 1. The molecule has 3 heteroatoms. The van der Waals surface area contributed by atoms with E-state index in [1.165, 1.54) is 12.1 Å². The van der Waals surface area contributed by atoms with Crippen molar-refractivity contribution in [3.8, 4) is 0 Å². The molecule has 0 aliphatic rings. The van der Waals surface area contributed by atoms with Crippen molar-refractivity contribution in [3.05, 3.63) is 29.8 Å². The smallest absolute Gasteiger partial charge is 0.263 e. The fourth-order valence-electron chi connectivity index (χ4n) is 1.67. The lowest BCUT2D eigenvalue weighted by Gasteiger charge is -2.13. The Labute approximate surface area is 95.9 Å². The van der Waals surface area contributed by atoms with E-state index < -0.39 is 6.43 Å². The van der Waals surface area contributed by atoms with Crippen LogP contribution in [-0.4, -0.2) is 6.54 Å². The van der Waals surface area contributed by atoms with Crippen molar-refractivity contribution >= 4 is 5.69 Å². The third-order valence-corrected chi connectivity index (χ3v) is 2.57. The predicted octanol–water partition coefficient (Wildman–Crippen LogP) is 4.47. The number of benzene rings is 1. The summed E-state index contributed by atoms with van der Waals surface area (Å²) in [4.78, 5) is 0. The normalized spacial score (nSPS) is 12.8. The van der Waals surface area contributed by atoms with E-state index in [0.29, 0.717) is 5.92 Å². The lowest BCUT2D eigenvalue weighted by Crippen LogP contribution is -2.11. The van der Waals surface area contributed by atoms with Crippen molar-refractivity contribution in [2.45, 2.75) is 33.1 Å². The van der Waals surface area contributed by atoms with Gasteiger partial charge in [0.15, 0.2) is 0 Å². The van der Waals surface area contributed by atoms with Gasteiger partial charge in [0.1, 0.15) is 0 Å². The summed E-state index contributed by atoms with van der Waals surface area (Å²) < 4.78 is 24.9. The summed E-state index contributed by atoms with van der Waals surface area (Å²) in [5, 5.41) is 3.19. The second kappa shape index (κ2) is 6.46. The molecular weight excluding hydrogens is 208 g/mol. The molecule has 0 radical (unpaired) electrons. The number of anilines is 1. The van der Waals surface area contributed by atoms with Crippen LogP contribution in [0.1, 0.15) is 38.7 Å². The molecule has 0 saturated heterocycles. The van der Waals surface area contributed by atoms with Crippen molar-refractivity contribution in [1.82, 2.24) is 0 Å². The Morgan fingerprint density at radius 3 is 2.69 bits per heavy atom. The van der Waals surface area contributed by atoms with E-state index in [2.05, 4.69) is 19.2 Å². The van der Waals surface area contributed by atoms with E-state index in [9.17, 15) is 8.78 Å². The molecule has 1 unspecified atom stereocenters. The number of alkyl halides is 2. The van der Waals surface area contributed by atoms with Gasteiger partial charge in [-0.1, -0.05) is 32.4 Å². The predicted molar refractivity (Wildman–Crippen MR) is 64.0 cm³/mol. The van der Waals surface area contributed by atoms with Crippen LogP contribution in [0.3, 0.4) is 0 Å². The first kappa shape index (κ1) is 12.9. The number of rotatable bonds is 6. The van der Waals surface area contributed by atoms with Gasteiger partial charge in [-0.05, 0) is 24.5 Å². The van der Waals surface area contributed by atoms with Crippen LogP contribution in [0.5, 0.6) is 0 Å². The highest BCUT2D eigenvalue weighted by molar-refractivity contribution is 5.46. The van der Waals surface area contributed by atoms with Crippen LogP contribution < -0.4 is 5.32 Å². The van der Waals surface area contributed by atoms with Gasteiger partial charge in [-0.3, -0.25) is 0 Å². The van der Waals surface area contributed by atoms with Gasteiger partial charge in [0, 0.05) is 17.8 Å². The maximum Gasteiger partial charge on any atom is 0.263 e. The summed E-state index contributed by atoms with van der Waals surface area (Å²) in [6.45, 7) is 5.14. The van der Waals surface area contributed by atoms with Crippen molar-refractivity contribution in [1.29, 1.82) is 0 Å². The number of halogens is 2. The molecule has 0 heterocycles. The highest BCUT2D eigenvalue weighted by atomic mass is 19.3. The average Bonchev–Trinajstić information content (AvgIpc) is 2.27. The van der Waals surface area contributed by atoms with Crippen LogP contribution in [0.4, 0.5) is 14.5 Å². The highest BCUT2D eigenvalue weighted by Gasteiger charge is 2.07. The minimum absolute atomic E-state index is 0.0770. The van der Waals surface area contributed by atoms with Crippen LogP contribution in [-0.2, 0) is 0 Å². The molecule has 0 saturated carbocycles. The summed E-state index contributed by atoms with van der Waals surface area (Å²) in [5.74, 6) is 0.570. The third-order valence-electron chi connectivity index (χ3n) is 2.57. The first-order valence-corrected chi connectivity index (χ1v) is 5.75. The zero-order valence-electron chi connectivity index (χ0n) is 9.84. The molecule has 0 aliphatic heterocycles. The van der Waals surface area contributed by atoms with Crippen LogP contribution in [0, 0.1) is 5.92 Å². The summed E-state index contributed by atoms with van der Waals surface area (Å²) in [6, 6.07) is 6.45. The molecule has 1 atom stereocenters. The van der Waals surface area contributed by atoms with Gasteiger partial charge in [-0.15, -0.1) is 0 Å². The molecular formula is C13H19F2N. The Kier molecular flexibility index (Phi) is 5.23. The van der Waals surface area contributed by atoms with Crippen LogP contribution in [0.15, 0.2) is 24.3 Å². The van der Waals surface area contributed by atoms with E-state index in [-0.39, 0.29) is 5.56 Å². The fourth-order valence-corrected chi connectivity index (χ4v) is 1.67. The zero-order chi connectivity index (χ0) is 12.0. The molecule has 0 bridgehead atoms. The zero-order valence-corrected chi connectivity index (χ0v) is 9.84. The molecule has 0 amide bonds. The van der Waals surface area contributed by atoms with Crippen molar-refractivity contribution < 1.29 is 8.78 Å². The minimum Gasteiger partial charge on any atom is -0.385 e. The maximum absolute atomic E-state index is 12.4. The molecule has 90 valence electrons. The van der Waals surface area contributed by atoms with Gasteiger partial charge in [0.2, 0.25) is 0 Å². The van der Waals surface area contributed by atoms with E-state index >= 15 is 0 Å². The summed E-state index contributed by atoms with van der Waals surface area (Å²) in [5.41, 5.74) is 0.855. The fraction of sp³-hybridized carbons (Fsp3) is 0.538. The Bertz CT molecular complexity index is 313. The summed E-state index contributed by atoms with van der Waals surface area (Å²) in [7, 11) is 0. The maximum atomic E-state index is 12.4. The molecule has 1 aromatic rings. The molecule has 1 rings (SSSR count). The lowest BCUT2D eigenvalue weighted by molar-refractivity contribution is 0.151. The molecule has 0 aromatic heterocycles. The molecule has 0 aliphatic carbocycles. The highest BCUT2D eigenvalue weighted by Crippen LogP contribution is 2.21. The summed E-state index contributed by atoms with van der Waals surface area (Å²) >= 11 is 0. The van der Waals surface area contributed by atoms with E-state index in [4.69, 9.17) is 0 Å². The van der Waals surface area contributed by atoms with Crippen LogP contribution in [0.2, 0.25) is 0 Å². The quantitative estimate of drug-likeness (QED) is 0.756. The van der Waals surface area contributed by atoms with Gasteiger partial charge in [-0.25, -0.2) is 8.78 Å². The van der Waals surface area contributed by atoms with Crippen molar-refractivity contribution in [2.75, 3.05) is 11.9 Å². The molecule has 1 nitrogen and oxygen atoms in total. The van der Waals surface area contributed by atoms with Gasteiger partial charge >= 0.3 is 0 Å². The molecule has 0 fully saturated rings. The Balaban J connectivity index is 2.50. The molecule has 16 heavy (non-hydrogen) atoms. The van der Waals surface area contributed by atoms with E-state index in [1.807, 2.05) is 6.07 Å². The monoisotopic (exact) mass is 227 g/mol.